The third-order valence-electron chi connectivity index (χ3n) is 6.18. The van der Waals surface area contributed by atoms with E-state index >= 15 is 0 Å². The number of halogens is 1. The quantitative estimate of drug-likeness (QED) is 0.549. The number of aryl methyl sites for hydroxylation is 1. The van der Waals surface area contributed by atoms with Crippen molar-refractivity contribution in [2.75, 3.05) is 5.75 Å². The zero-order chi connectivity index (χ0) is 24.7. The minimum Gasteiger partial charge on any atom is -0.335 e. The van der Waals surface area contributed by atoms with Crippen LogP contribution >= 0.6 is 0 Å². The Morgan fingerprint density at radius 2 is 2.06 bits per heavy atom. The van der Waals surface area contributed by atoms with Crippen molar-refractivity contribution in [3.8, 4) is 11.1 Å². The van der Waals surface area contributed by atoms with E-state index in [1.165, 1.54) is 19.2 Å². The molecule has 0 saturated heterocycles. The molecular weight excluding hydrogens is 457 g/mol. The molecule has 1 unspecified atom stereocenters. The van der Waals surface area contributed by atoms with E-state index in [4.69, 9.17) is 0 Å². The highest BCUT2D eigenvalue weighted by Gasteiger charge is 2.35. The summed E-state index contributed by atoms with van der Waals surface area (Å²) in [6, 6.07) is 8.72. The molecule has 7 nitrogen and oxygen atoms in total. The van der Waals surface area contributed by atoms with Crippen molar-refractivity contribution in [2.24, 2.45) is 5.41 Å². The van der Waals surface area contributed by atoms with E-state index in [1.807, 2.05) is 25.1 Å². The molecule has 1 aromatic carbocycles. The number of fused-ring (bicyclic) bond motifs is 1. The van der Waals surface area contributed by atoms with E-state index in [2.05, 4.69) is 9.71 Å². The third kappa shape index (κ3) is 4.23. The zero-order valence-corrected chi connectivity index (χ0v) is 20.0. The molecule has 178 valence electrons. The minimum atomic E-state index is -3.89. The predicted molar refractivity (Wildman–Crippen MR) is 131 cm³/mol. The molecule has 3 aromatic rings. The van der Waals surface area contributed by atoms with Crippen LogP contribution in [0.25, 0.3) is 22.0 Å². The van der Waals surface area contributed by atoms with E-state index in [0.717, 1.165) is 5.56 Å². The fourth-order valence-corrected chi connectivity index (χ4v) is 4.81. The molecule has 2 heterocycles. The lowest BCUT2D eigenvalue weighted by Crippen LogP contribution is -2.35. The van der Waals surface area contributed by atoms with Crippen molar-refractivity contribution in [1.29, 1.82) is 0 Å². The first-order valence-corrected chi connectivity index (χ1v) is 12.6. The topological polar surface area (TPSA) is 101 Å². The van der Waals surface area contributed by atoms with Crippen LogP contribution in [0.2, 0.25) is 0 Å². The number of aromatic amines is 1. The standard InChI is InChI=1S/C25H26FN3O4S/c1-4-34(32,33)28-24(31)22-21(17-8-7-13-27-23(17)30)18-14-16(2)10-11-19(18)29(22)15-25(3)12-6-5-9-20(25)26/h5-11,13-14H,4,12,15H2,1-3H3,(H,27,30)(H,28,31). The molecule has 9 heteroatoms. The number of amides is 1. The van der Waals surface area contributed by atoms with Crippen LogP contribution < -0.4 is 10.3 Å². The Bertz CT molecular complexity index is 1510. The molecule has 0 fully saturated rings. The normalized spacial score (nSPS) is 18.2. The maximum absolute atomic E-state index is 15.0. The summed E-state index contributed by atoms with van der Waals surface area (Å²) in [5.41, 5.74) is 0.649. The number of sulfonamides is 1. The fourth-order valence-electron chi connectivity index (χ4n) is 4.29. The molecule has 1 amide bonds. The van der Waals surface area contributed by atoms with Gasteiger partial charge in [-0.05, 0) is 50.6 Å². The van der Waals surface area contributed by atoms with Crippen molar-refractivity contribution in [2.45, 2.75) is 33.7 Å². The van der Waals surface area contributed by atoms with Crippen LogP contribution in [0.5, 0.6) is 0 Å². The molecule has 0 spiro atoms. The number of carbonyl (C=O) groups excluding carboxylic acids is 1. The van der Waals surface area contributed by atoms with Gasteiger partial charge in [0, 0.05) is 40.2 Å². The van der Waals surface area contributed by atoms with Crippen LogP contribution in [0.15, 0.2) is 65.4 Å². The zero-order valence-electron chi connectivity index (χ0n) is 19.2. The smallest absolute Gasteiger partial charge is 0.282 e. The van der Waals surface area contributed by atoms with Gasteiger partial charge in [0.1, 0.15) is 11.5 Å². The number of benzene rings is 1. The van der Waals surface area contributed by atoms with Crippen LogP contribution in [0.3, 0.4) is 0 Å². The van der Waals surface area contributed by atoms with Crippen molar-refractivity contribution < 1.29 is 17.6 Å². The molecular formula is C25H26FN3O4S. The second-order valence-corrected chi connectivity index (χ2v) is 10.8. The first kappa shape index (κ1) is 23.7. The number of allylic oxidation sites excluding steroid dienone is 4. The summed E-state index contributed by atoms with van der Waals surface area (Å²) in [6.07, 6.45) is 6.76. The van der Waals surface area contributed by atoms with Gasteiger partial charge < -0.3 is 9.55 Å². The lowest BCUT2D eigenvalue weighted by molar-refractivity contribution is 0.0970. The number of hydrogen-bond acceptors (Lipinski definition) is 4. The molecule has 1 aliphatic carbocycles. The van der Waals surface area contributed by atoms with Crippen molar-refractivity contribution >= 4 is 26.8 Å². The maximum atomic E-state index is 15.0. The molecule has 34 heavy (non-hydrogen) atoms. The highest BCUT2D eigenvalue weighted by atomic mass is 32.2. The van der Waals surface area contributed by atoms with Gasteiger partial charge in [-0.25, -0.2) is 17.5 Å². The molecule has 4 rings (SSSR count). The average Bonchev–Trinajstić information content (AvgIpc) is 3.09. The Kier molecular flexibility index (Phi) is 6.07. The average molecular weight is 484 g/mol. The Morgan fingerprint density at radius 1 is 1.29 bits per heavy atom. The Hall–Kier alpha value is -3.46. The third-order valence-corrected chi connectivity index (χ3v) is 7.44. The molecule has 0 saturated carbocycles. The van der Waals surface area contributed by atoms with Gasteiger partial charge in [-0.15, -0.1) is 0 Å². The lowest BCUT2D eigenvalue weighted by atomic mass is 9.82. The SMILES string of the molecule is CCS(=O)(=O)NC(=O)c1c(-c2ccc[nH]c2=O)c2cc(C)ccc2n1CC1(C)CC=CC=C1F. The van der Waals surface area contributed by atoms with Gasteiger partial charge in [-0.2, -0.15) is 0 Å². The lowest BCUT2D eigenvalue weighted by Gasteiger charge is -2.30. The van der Waals surface area contributed by atoms with Gasteiger partial charge in [0.05, 0.1) is 5.75 Å². The number of nitrogens with one attached hydrogen (secondary N) is 2. The van der Waals surface area contributed by atoms with Gasteiger partial charge >= 0.3 is 0 Å². The van der Waals surface area contributed by atoms with Crippen LogP contribution in [0, 0.1) is 12.3 Å². The Balaban J connectivity index is 2.07. The van der Waals surface area contributed by atoms with E-state index in [1.54, 1.807) is 35.8 Å². The van der Waals surface area contributed by atoms with Crippen LogP contribution in [-0.4, -0.2) is 29.6 Å². The second-order valence-electron chi connectivity index (χ2n) is 8.79. The molecule has 0 aliphatic heterocycles. The molecule has 1 aliphatic rings. The van der Waals surface area contributed by atoms with Gasteiger partial charge in [-0.3, -0.25) is 9.59 Å². The van der Waals surface area contributed by atoms with Crippen LogP contribution in [0.1, 0.15) is 36.3 Å². The highest BCUT2D eigenvalue weighted by Crippen LogP contribution is 2.41. The summed E-state index contributed by atoms with van der Waals surface area (Å²) in [6.45, 7) is 5.13. The van der Waals surface area contributed by atoms with Crippen molar-refractivity contribution in [1.82, 2.24) is 14.3 Å². The highest BCUT2D eigenvalue weighted by molar-refractivity contribution is 7.90. The van der Waals surface area contributed by atoms with Gasteiger partial charge in [-0.1, -0.05) is 30.7 Å². The summed E-state index contributed by atoms with van der Waals surface area (Å²) in [4.78, 5) is 28.9. The van der Waals surface area contributed by atoms with Gasteiger partial charge in [0.25, 0.3) is 11.5 Å². The monoisotopic (exact) mass is 483 g/mol. The largest absolute Gasteiger partial charge is 0.335 e. The predicted octanol–water partition coefficient (Wildman–Crippen LogP) is 4.20. The summed E-state index contributed by atoms with van der Waals surface area (Å²) in [7, 11) is -3.89. The number of aromatic nitrogens is 2. The number of carbonyl (C=O) groups is 1. The number of rotatable bonds is 6. The minimum absolute atomic E-state index is 0.00194. The van der Waals surface area contributed by atoms with E-state index in [9.17, 15) is 22.4 Å². The molecule has 0 radical (unpaired) electrons. The molecule has 2 aromatic heterocycles. The number of hydrogen-bond donors (Lipinski definition) is 2. The Labute approximate surface area is 197 Å². The summed E-state index contributed by atoms with van der Waals surface area (Å²) < 4.78 is 43.3. The van der Waals surface area contributed by atoms with Crippen LogP contribution in [-0.2, 0) is 16.6 Å². The summed E-state index contributed by atoms with van der Waals surface area (Å²) >= 11 is 0. The van der Waals surface area contributed by atoms with E-state index in [0.29, 0.717) is 22.9 Å². The van der Waals surface area contributed by atoms with Crippen molar-refractivity contribution in [3.63, 3.8) is 0 Å². The fraction of sp³-hybridized carbons (Fsp3) is 0.280. The first-order chi connectivity index (χ1) is 16.1. The summed E-state index contributed by atoms with van der Waals surface area (Å²) in [5.74, 6) is -1.50. The number of pyridine rings is 1. The molecule has 0 bridgehead atoms. The maximum Gasteiger partial charge on any atom is 0.282 e. The van der Waals surface area contributed by atoms with Gasteiger partial charge in [0.2, 0.25) is 10.0 Å². The van der Waals surface area contributed by atoms with E-state index < -0.39 is 26.9 Å². The molecule has 2 N–H and O–H groups in total. The van der Waals surface area contributed by atoms with Gasteiger partial charge in [0.15, 0.2) is 0 Å². The second kappa shape index (κ2) is 8.72. The van der Waals surface area contributed by atoms with Crippen molar-refractivity contribution in [3.05, 3.63) is 82.2 Å². The first-order valence-electron chi connectivity index (χ1n) is 10.9. The number of nitrogens with zero attached hydrogens (tertiary/aromatic N) is 1. The van der Waals surface area contributed by atoms with Crippen LogP contribution in [0.4, 0.5) is 4.39 Å². The Morgan fingerprint density at radius 3 is 2.74 bits per heavy atom. The number of H-pyrrole nitrogens is 1. The van der Waals surface area contributed by atoms with E-state index in [-0.39, 0.29) is 29.4 Å². The summed E-state index contributed by atoms with van der Waals surface area (Å²) in [5, 5.41) is 0.607. The molecule has 1 atom stereocenters.